The van der Waals surface area contributed by atoms with Gasteiger partial charge in [0.25, 0.3) is 5.91 Å². The summed E-state index contributed by atoms with van der Waals surface area (Å²) in [7, 11) is 1.48. The molecule has 9 heteroatoms. The zero-order valence-corrected chi connectivity index (χ0v) is 17.0. The van der Waals surface area contributed by atoms with Crippen molar-refractivity contribution in [2.75, 3.05) is 20.2 Å². The van der Waals surface area contributed by atoms with Crippen molar-refractivity contribution >= 4 is 39.6 Å². The van der Waals surface area contributed by atoms with Gasteiger partial charge in [-0.2, -0.15) is 5.10 Å². The second kappa shape index (κ2) is 8.50. The van der Waals surface area contributed by atoms with E-state index in [1.807, 2.05) is 30.3 Å². The molecule has 0 radical (unpaired) electrons. The molecule has 0 aliphatic carbocycles. The lowest BCUT2D eigenvalue weighted by molar-refractivity contribution is -0.133. The Labute approximate surface area is 175 Å². The minimum Gasteiger partial charge on any atom is -0.493 e. The molecule has 0 spiro atoms. The van der Waals surface area contributed by atoms with E-state index in [2.05, 4.69) is 10.5 Å². The molecule has 4 rings (SSSR count). The molecule has 1 aromatic heterocycles. The number of hydrazone groups is 1. The van der Waals surface area contributed by atoms with Gasteiger partial charge < -0.3 is 14.1 Å². The number of hydrogen-bond donors (Lipinski definition) is 1. The number of nitrogens with one attached hydrogen (secondary N) is 1. The highest BCUT2D eigenvalue weighted by Gasteiger charge is 2.31. The van der Waals surface area contributed by atoms with Crippen molar-refractivity contribution in [3.63, 3.8) is 0 Å². The number of fused-ring (bicyclic) bond motifs is 1. The van der Waals surface area contributed by atoms with Crippen LogP contribution in [0, 0.1) is 0 Å². The summed E-state index contributed by atoms with van der Waals surface area (Å²) < 4.78 is 11.0. The third-order valence-corrected chi connectivity index (χ3v) is 5.64. The van der Waals surface area contributed by atoms with E-state index in [1.54, 1.807) is 17.0 Å². The fourth-order valence-electron chi connectivity index (χ4n) is 3.45. The number of likely N-dealkylation sites (tertiary alicyclic amines) is 1. The molecule has 3 aromatic rings. The van der Waals surface area contributed by atoms with Gasteiger partial charge in [-0.05, 0) is 23.3 Å². The summed E-state index contributed by atoms with van der Waals surface area (Å²) in [6, 6.07) is 13.2. The number of ether oxygens (including phenoxy) is 1. The van der Waals surface area contributed by atoms with E-state index in [1.165, 1.54) is 13.3 Å². The Morgan fingerprint density at radius 2 is 2.13 bits per heavy atom. The van der Waals surface area contributed by atoms with Crippen LogP contribution >= 0.6 is 11.3 Å². The fraction of sp³-hybridized carbons (Fsp3) is 0.238. The molecule has 0 bridgehead atoms. The molecule has 0 saturated carbocycles. The number of carbonyl (C=O) groups excluding carboxylic acids is 2. The number of methoxy groups -OCH3 is 1. The van der Waals surface area contributed by atoms with Crippen LogP contribution in [0.1, 0.15) is 23.5 Å². The predicted octanol–water partition coefficient (Wildman–Crippen LogP) is 2.33. The molecule has 2 aromatic carbocycles. The second-order valence-corrected chi connectivity index (χ2v) is 7.86. The van der Waals surface area contributed by atoms with Crippen LogP contribution in [0.5, 0.6) is 5.75 Å². The molecule has 2 heterocycles. The lowest BCUT2D eigenvalue weighted by Gasteiger charge is -2.15. The molecular weight excluding hydrogens is 406 g/mol. The van der Waals surface area contributed by atoms with Crippen LogP contribution in [0.2, 0.25) is 0 Å². The highest BCUT2D eigenvalue weighted by molar-refractivity contribution is 7.16. The van der Waals surface area contributed by atoms with Crippen LogP contribution in [0.15, 0.2) is 56.8 Å². The topological polar surface area (TPSA) is 101 Å². The van der Waals surface area contributed by atoms with Crippen molar-refractivity contribution < 1.29 is 18.7 Å². The van der Waals surface area contributed by atoms with Crippen LogP contribution in [0.25, 0.3) is 10.3 Å². The van der Waals surface area contributed by atoms with Crippen molar-refractivity contribution in [2.24, 2.45) is 5.10 Å². The van der Waals surface area contributed by atoms with Crippen LogP contribution in [-0.4, -0.2) is 43.1 Å². The zero-order valence-electron chi connectivity index (χ0n) is 16.2. The minimum atomic E-state index is -0.422. The third kappa shape index (κ3) is 4.25. The second-order valence-electron chi connectivity index (χ2n) is 6.88. The van der Waals surface area contributed by atoms with Gasteiger partial charge in [0, 0.05) is 18.9 Å². The van der Waals surface area contributed by atoms with Gasteiger partial charge in [0.05, 0.1) is 18.0 Å². The molecule has 2 amide bonds. The highest BCUT2D eigenvalue weighted by atomic mass is 32.1. The minimum absolute atomic E-state index is 0.0481. The molecule has 154 valence electrons. The molecule has 0 unspecified atom stereocenters. The number of rotatable bonds is 6. The van der Waals surface area contributed by atoms with E-state index in [9.17, 15) is 14.4 Å². The molecular formula is C21H19N3O5S. The monoisotopic (exact) mass is 425 g/mol. The average molecular weight is 425 g/mol. The Morgan fingerprint density at radius 1 is 1.33 bits per heavy atom. The van der Waals surface area contributed by atoms with Gasteiger partial charge in [0.2, 0.25) is 5.91 Å². The van der Waals surface area contributed by atoms with E-state index in [0.29, 0.717) is 34.6 Å². The van der Waals surface area contributed by atoms with Gasteiger partial charge in [-0.25, -0.2) is 10.2 Å². The number of carbonyl (C=O) groups is 2. The van der Waals surface area contributed by atoms with Gasteiger partial charge in [-0.1, -0.05) is 41.7 Å². The average Bonchev–Trinajstić information content (AvgIpc) is 3.29. The quantitative estimate of drug-likeness (QED) is 0.483. The maximum atomic E-state index is 12.2. The first kappa shape index (κ1) is 19.8. The number of amides is 2. The first-order valence-electron chi connectivity index (χ1n) is 9.30. The number of hydrogen-bond acceptors (Lipinski definition) is 7. The summed E-state index contributed by atoms with van der Waals surface area (Å²) in [6.07, 6.45) is 1.84. The Morgan fingerprint density at radius 3 is 2.90 bits per heavy atom. The van der Waals surface area contributed by atoms with Crippen molar-refractivity contribution in [3.8, 4) is 5.75 Å². The summed E-state index contributed by atoms with van der Waals surface area (Å²) in [5.74, 6) is 0.0758. The highest BCUT2D eigenvalue weighted by Crippen LogP contribution is 2.29. The van der Waals surface area contributed by atoms with Gasteiger partial charge in [0.1, 0.15) is 6.54 Å². The summed E-state index contributed by atoms with van der Waals surface area (Å²) in [5, 5.41) is 3.95. The van der Waals surface area contributed by atoms with Crippen LogP contribution < -0.4 is 15.1 Å². The van der Waals surface area contributed by atoms with E-state index >= 15 is 0 Å². The van der Waals surface area contributed by atoms with E-state index in [4.69, 9.17) is 9.15 Å². The van der Waals surface area contributed by atoms with Crippen molar-refractivity contribution in [1.82, 2.24) is 10.3 Å². The van der Waals surface area contributed by atoms with Gasteiger partial charge >= 0.3 is 4.94 Å². The molecule has 8 nitrogen and oxygen atoms in total. The normalized spacial score (nSPS) is 16.5. The first-order valence-corrected chi connectivity index (χ1v) is 10.1. The SMILES string of the molecule is COc1cc(/C=N\NC(=O)CN2C[C@H](c3ccccc3)CC2=O)cc2sc(=O)oc12. The fourth-order valence-corrected chi connectivity index (χ4v) is 4.19. The standard InChI is InChI=1S/C21H19N3O5S/c1-28-16-7-13(8-17-20(16)29-21(27)30-17)10-22-23-18(25)12-24-11-15(9-19(24)26)14-5-3-2-4-6-14/h2-8,10,15H,9,11-12H2,1H3,(H,23,25)/b22-10-/t15-/m1/s1. The lowest BCUT2D eigenvalue weighted by atomic mass is 9.99. The van der Waals surface area contributed by atoms with Gasteiger partial charge in [0.15, 0.2) is 11.3 Å². The van der Waals surface area contributed by atoms with Gasteiger partial charge in [-0.3, -0.25) is 9.59 Å². The molecule has 1 atom stereocenters. The Hall–Kier alpha value is -3.46. The molecule has 1 aliphatic rings. The number of benzene rings is 2. The van der Waals surface area contributed by atoms with Crippen molar-refractivity contribution in [2.45, 2.75) is 12.3 Å². The molecule has 1 aliphatic heterocycles. The predicted molar refractivity (Wildman–Crippen MR) is 113 cm³/mol. The molecule has 30 heavy (non-hydrogen) atoms. The summed E-state index contributed by atoms with van der Waals surface area (Å²) in [5.41, 5.74) is 4.55. The summed E-state index contributed by atoms with van der Waals surface area (Å²) >= 11 is 0.960. The van der Waals surface area contributed by atoms with Crippen molar-refractivity contribution in [1.29, 1.82) is 0 Å². The molecule has 1 fully saturated rings. The first-order chi connectivity index (χ1) is 14.5. The maximum Gasteiger partial charge on any atom is 0.396 e. The third-order valence-electron chi connectivity index (χ3n) is 4.86. The Balaban J connectivity index is 1.37. The Kier molecular flexibility index (Phi) is 5.62. The van der Waals surface area contributed by atoms with Crippen LogP contribution in [0.4, 0.5) is 0 Å². The lowest BCUT2D eigenvalue weighted by Crippen LogP contribution is -2.36. The smallest absolute Gasteiger partial charge is 0.396 e. The van der Waals surface area contributed by atoms with E-state index in [0.717, 1.165) is 16.9 Å². The van der Waals surface area contributed by atoms with E-state index < -0.39 is 4.94 Å². The largest absolute Gasteiger partial charge is 0.493 e. The summed E-state index contributed by atoms with van der Waals surface area (Å²) in [6.45, 7) is 0.457. The molecule has 1 N–H and O–H groups in total. The summed E-state index contributed by atoms with van der Waals surface area (Å²) in [4.78, 5) is 37.0. The van der Waals surface area contributed by atoms with Crippen LogP contribution in [-0.2, 0) is 9.59 Å². The number of nitrogens with zero attached hydrogens (tertiary/aromatic N) is 2. The van der Waals surface area contributed by atoms with Crippen molar-refractivity contribution in [3.05, 3.63) is 63.3 Å². The molecule has 1 saturated heterocycles. The van der Waals surface area contributed by atoms with Gasteiger partial charge in [-0.15, -0.1) is 0 Å². The van der Waals surface area contributed by atoms with Crippen LogP contribution in [0.3, 0.4) is 0 Å². The Bertz CT molecular complexity index is 1170. The van der Waals surface area contributed by atoms with E-state index in [-0.39, 0.29) is 24.3 Å². The maximum absolute atomic E-state index is 12.2. The zero-order chi connectivity index (χ0) is 21.1.